The number of nitrogens with zero attached hydrogens (tertiary/aromatic N) is 4. The number of benzene rings is 1. The quantitative estimate of drug-likeness (QED) is 0.367. The van der Waals surface area contributed by atoms with Gasteiger partial charge < -0.3 is 14.6 Å². The van der Waals surface area contributed by atoms with Crippen LogP contribution in [0.3, 0.4) is 0 Å². The number of pyridine rings is 1. The maximum Gasteiger partial charge on any atom is 0.236 e. The second-order valence-electron chi connectivity index (χ2n) is 7.57. The third-order valence-corrected chi connectivity index (χ3v) is 6.44. The second kappa shape index (κ2) is 11.5. The lowest BCUT2D eigenvalue weighted by Crippen LogP contribution is -2.16. The Hall–Kier alpha value is -2.29. The molecule has 0 atom stereocenters. The molecule has 0 aliphatic heterocycles. The topological polar surface area (TPSA) is 81.9 Å². The van der Waals surface area contributed by atoms with E-state index in [2.05, 4.69) is 34.3 Å². The first-order chi connectivity index (χ1) is 15.3. The van der Waals surface area contributed by atoms with Crippen molar-refractivity contribution < 1.29 is 9.53 Å². The number of nitrogens with one attached hydrogen (secondary N) is 1. The van der Waals surface area contributed by atoms with Crippen molar-refractivity contribution in [3.05, 3.63) is 58.0 Å². The van der Waals surface area contributed by atoms with Crippen LogP contribution in [-0.2, 0) is 17.9 Å². The summed E-state index contributed by atoms with van der Waals surface area (Å²) in [6, 6.07) is 9.56. The molecule has 0 bridgehead atoms. The molecule has 32 heavy (non-hydrogen) atoms. The molecule has 1 N–H and O–H groups in total. The molecule has 10 heteroatoms. The summed E-state index contributed by atoms with van der Waals surface area (Å²) in [6.45, 7) is 7.13. The number of hydrogen-bond donors (Lipinski definition) is 1. The molecule has 3 rings (SSSR count). The molecule has 170 valence electrons. The van der Waals surface area contributed by atoms with Crippen molar-refractivity contribution in [3.63, 3.8) is 0 Å². The van der Waals surface area contributed by atoms with E-state index in [0.717, 1.165) is 24.5 Å². The van der Waals surface area contributed by atoms with Gasteiger partial charge in [0, 0.05) is 12.7 Å². The van der Waals surface area contributed by atoms with Crippen LogP contribution in [0, 0.1) is 12.8 Å². The number of aromatic nitrogens is 4. The normalized spacial score (nSPS) is 11.1. The standard InChI is InChI=1S/C22H25Cl2N5O2S/c1-14(2)9-10-29-18(12-31-16-7-5-4-6-8-16)27-28-22(29)32-13-19(30)26-21-20(24)15(3)17(23)11-25-21/h4-8,11,14H,9-10,12-13H2,1-3H3,(H,25,26,30). The molecular formula is C22H25Cl2N5O2S. The molecule has 2 heterocycles. The Balaban J connectivity index is 1.66. The van der Waals surface area contributed by atoms with Gasteiger partial charge in [0.2, 0.25) is 5.91 Å². The molecule has 2 aromatic heterocycles. The number of halogens is 2. The molecule has 0 aliphatic rings. The van der Waals surface area contributed by atoms with Crippen LogP contribution in [0.4, 0.5) is 5.82 Å². The number of ether oxygens (including phenoxy) is 1. The Morgan fingerprint density at radius 3 is 2.69 bits per heavy atom. The number of carbonyl (C=O) groups excluding carboxylic acids is 1. The summed E-state index contributed by atoms with van der Waals surface area (Å²) < 4.78 is 7.86. The fourth-order valence-corrected chi connectivity index (χ4v) is 3.92. The number of thioether (sulfide) groups is 1. The summed E-state index contributed by atoms with van der Waals surface area (Å²) in [5, 5.41) is 12.8. The molecule has 3 aromatic rings. The highest BCUT2D eigenvalue weighted by Gasteiger charge is 2.17. The average molecular weight is 494 g/mol. The number of amides is 1. The Bertz CT molecular complexity index is 1060. The summed E-state index contributed by atoms with van der Waals surface area (Å²) in [5.41, 5.74) is 0.669. The lowest BCUT2D eigenvalue weighted by Gasteiger charge is -2.12. The van der Waals surface area contributed by atoms with E-state index in [0.29, 0.717) is 33.3 Å². The van der Waals surface area contributed by atoms with E-state index in [1.807, 2.05) is 34.9 Å². The predicted molar refractivity (Wildman–Crippen MR) is 129 cm³/mol. The summed E-state index contributed by atoms with van der Waals surface area (Å²) in [7, 11) is 0. The maximum absolute atomic E-state index is 12.5. The molecule has 0 fully saturated rings. The van der Waals surface area contributed by atoms with E-state index >= 15 is 0 Å². The van der Waals surface area contributed by atoms with Crippen molar-refractivity contribution in [2.75, 3.05) is 11.1 Å². The Morgan fingerprint density at radius 1 is 1.22 bits per heavy atom. The molecule has 0 unspecified atom stereocenters. The van der Waals surface area contributed by atoms with Crippen molar-refractivity contribution in [1.82, 2.24) is 19.7 Å². The Kier molecular flexibility index (Phi) is 8.78. The minimum Gasteiger partial charge on any atom is -0.486 e. The van der Waals surface area contributed by atoms with Crippen LogP contribution >= 0.6 is 35.0 Å². The Labute approximate surface area is 201 Å². The van der Waals surface area contributed by atoms with E-state index in [1.165, 1.54) is 18.0 Å². The molecular weight excluding hydrogens is 469 g/mol. The van der Waals surface area contributed by atoms with Gasteiger partial charge in [-0.05, 0) is 37.0 Å². The van der Waals surface area contributed by atoms with Crippen molar-refractivity contribution in [1.29, 1.82) is 0 Å². The molecule has 1 aromatic carbocycles. The van der Waals surface area contributed by atoms with Crippen LogP contribution in [0.5, 0.6) is 5.75 Å². The zero-order valence-corrected chi connectivity index (χ0v) is 20.5. The first-order valence-corrected chi connectivity index (χ1v) is 11.9. The molecule has 1 amide bonds. The molecule has 7 nitrogen and oxygen atoms in total. The van der Waals surface area contributed by atoms with Crippen LogP contribution < -0.4 is 10.1 Å². The van der Waals surface area contributed by atoms with E-state index in [4.69, 9.17) is 27.9 Å². The SMILES string of the molecule is Cc1c(Cl)cnc(NC(=O)CSc2nnc(COc3ccccc3)n2CCC(C)C)c1Cl. The van der Waals surface area contributed by atoms with Crippen LogP contribution in [0.15, 0.2) is 41.7 Å². The Morgan fingerprint density at radius 2 is 1.97 bits per heavy atom. The average Bonchev–Trinajstić information content (AvgIpc) is 3.17. The zero-order valence-electron chi connectivity index (χ0n) is 18.1. The molecule has 0 saturated carbocycles. The third-order valence-electron chi connectivity index (χ3n) is 4.63. The first kappa shape index (κ1) is 24.4. The van der Waals surface area contributed by atoms with Gasteiger partial charge in [0.1, 0.15) is 12.4 Å². The predicted octanol–water partition coefficient (Wildman–Crippen LogP) is 5.64. The third kappa shape index (κ3) is 6.60. The lowest BCUT2D eigenvalue weighted by atomic mass is 10.1. The highest BCUT2D eigenvalue weighted by atomic mass is 35.5. The van der Waals surface area contributed by atoms with Crippen LogP contribution in [0.25, 0.3) is 0 Å². The second-order valence-corrected chi connectivity index (χ2v) is 9.29. The largest absolute Gasteiger partial charge is 0.486 e. The van der Waals surface area contributed by atoms with Gasteiger partial charge in [-0.3, -0.25) is 4.79 Å². The van der Waals surface area contributed by atoms with E-state index in [9.17, 15) is 4.79 Å². The number of rotatable bonds is 10. The van der Waals surface area contributed by atoms with Crippen molar-refractivity contribution in [2.24, 2.45) is 5.92 Å². The smallest absolute Gasteiger partial charge is 0.236 e. The van der Waals surface area contributed by atoms with Gasteiger partial charge in [-0.25, -0.2) is 4.98 Å². The molecule has 0 spiro atoms. The highest BCUT2D eigenvalue weighted by molar-refractivity contribution is 7.99. The van der Waals surface area contributed by atoms with E-state index < -0.39 is 0 Å². The van der Waals surface area contributed by atoms with Crippen molar-refractivity contribution in [2.45, 2.75) is 45.5 Å². The van der Waals surface area contributed by atoms with Gasteiger partial charge in [0.05, 0.1) is 15.8 Å². The van der Waals surface area contributed by atoms with Gasteiger partial charge in [0.25, 0.3) is 0 Å². The number of anilines is 1. The van der Waals surface area contributed by atoms with Gasteiger partial charge in [0.15, 0.2) is 16.8 Å². The minimum atomic E-state index is -0.244. The van der Waals surface area contributed by atoms with Gasteiger partial charge in [-0.15, -0.1) is 10.2 Å². The van der Waals surface area contributed by atoms with Crippen molar-refractivity contribution in [3.8, 4) is 5.75 Å². The van der Waals surface area contributed by atoms with E-state index in [1.54, 1.807) is 6.92 Å². The van der Waals surface area contributed by atoms with E-state index in [-0.39, 0.29) is 17.5 Å². The summed E-state index contributed by atoms with van der Waals surface area (Å²) in [6.07, 6.45) is 2.42. The molecule has 0 aliphatic carbocycles. The fraction of sp³-hybridized carbons (Fsp3) is 0.364. The van der Waals surface area contributed by atoms with Crippen molar-refractivity contribution >= 4 is 46.7 Å². The van der Waals surface area contributed by atoms with Gasteiger partial charge in [-0.1, -0.05) is 67.0 Å². The molecule has 0 radical (unpaired) electrons. The first-order valence-electron chi connectivity index (χ1n) is 10.2. The van der Waals surface area contributed by atoms with Crippen LogP contribution in [0.2, 0.25) is 10.0 Å². The monoisotopic (exact) mass is 493 g/mol. The van der Waals surface area contributed by atoms with Gasteiger partial charge in [-0.2, -0.15) is 0 Å². The zero-order chi connectivity index (χ0) is 23.1. The minimum absolute atomic E-state index is 0.138. The summed E-state index contributed by atoms with van der Waals surface area (Å²) >= 11 is 13.6. The fourth-order valence-electron chi connectivity index (χ4n) is 2.75. The summed E-state index contributed by atoms with van der Waals surface area (Å²) in [4.78, 5) is 16.6. The number of hydrogen-bond acceptors (Lipinski definition) is 6. The highest BCUT2D eigenvalue weighted by Crippen LogP contribution is 2.29. The number of para-hydroxylation sites is 1. The summed E-state index contributed by atoms with van der Waals surface area (Å²) in [5.74, 6) is 2.18. The lowest BCUT2D eigenvalue weighted by molar-refractivity contribution is -0.113. The van der Waals surface area contributed by atoms with Crippen LogP contribution in [0.1, 0.15) is 31.7 Å². The maximum atomic E-state index is 12.5. The van der Waals surface area contributed by atoms with Crippen LogP contribution in [-0.4, -0.2) is 31.4 Å². The number of carbonyl (C=O) groups is 1. The van der Waals surface area contributed by atoms with Gasteiger partial charge >= 0.3 is 0 Å². The molecule has 0 saturated heterocycles.